The third-order valence-corrected chi connectivity index (χ3v) is 1.17. The molecule has 0 saturated heterocycles. The highest BCUT2D eigenvalue weighted by Gasteiger charge is 2.08. The first-order valence-electron chi connectivity index (χ1n) is 3.45. The number of hydrogen-bond acceptors (Lipinski definition) is 1. The van der Waals surface area contributed by atoms with E-state index in [1.54, 1.807) is 0 Å². The molecule has 0 saturated carbocycles. The predicted octanol–water partition coefficient (Wildman–Crippen LogP) is 1.09. The first-order chi connectivity index (χ1) is 4.42. The quantitative estimate of drug-likeness (QED) is 0.599. The van der Waals surface area contributed by atoms with E-state index in [4.69, 9.17) is 5.73 Å². The first-order valence-corrected chi connectivity index (χ1v) is 3.45. The maximum atomic E-state index is 10.2. The Labute approximate surface area is 62.0 Å². The number of nitrogens with two attached hydrogens (primary N) is 1. The molecule has 3 N–H and O–H groups in total. The number of nitrogens with one attached hydrogen (secondary N) is 1. The number of primary amides is 1. The Balaban J connectivity index is 3.29. The number of carbonyl (C=O) groups is 1. The van der Waals surface area contributed by atoms with Crippen LogP contribution in [0.25, 0.3) is 0 Å². The molecule has 60 valence electrons. The molecule has 0 aromatic carbocycles. The molecule has 0 fully saturated rings. The number of rotatable bonds is 2. The summed E-state index contributed by atoms with van der Waals surface area (Å²) in [6.07, 6.45) is 0.954. The van der Waals surface area contributed by atoms with Crippen LogP contribution in [0, 0.1) is 5.41 Å². The number of amides is 2. The van der Waals surface area contributed by atoms with Crippen molar-refractivity contribution in [2.75, 3.05) is 6.54 Å². The summed E-state index contributed by atoms with van der Waals surface area (Å²) >= 11 is 0. The normalized spacial score (nSPS) is 11.1. The highest BCUT2D eigenvalue weighted by Crippen LogP contribution is 2.16. The summed E-state index contributed by atoms with van der Waals surface area (Å²) in [6, 6.07) is -0.441. The van der Waals surface area contributed by atoms with Crippen molar-refractivity contribution in [3.05, 3.63) is 0 Å². The van der Waals surface area contributed by atoms with Gasteiger partial charge < -0.3 is 11.1 Å². The molecule has 0 unspecified atom stereocenters. The molecule has 0 spiro atoms. The lowest BCUT2D eigenvalue weighted by Gasteiger charge is -2.17. The van der Waals surface area contributed by atoms with Gasteiger partial charge in [0.05, 0.1) is 0 Å². The van der Waals surface area contributed by atoms with Crippen molar-refractivity contribution < 1.29 is 4.79 Å². The molecule has 0 atom stereocenters. The average molecular weight is 144 g/mol. The lowest BCUT2D eigenvalue weighted by Crippen LogP contribution is -2.31. The monoisotopic (exact) mass is 144 g/mol. The molecule has 0 aliphatic rings. The Bertz CT molecular complexity index is 115. The fraction of sp³-hybridized carbons (Fsp3) is 0.857. The minimum absolute atomic E-state index is 0.266. The molecule has 0 aliphatic carbocycles. The molecule has 0 heterocycles. The molecule has 2 amide bonds. The van der Waals surface area contributed by atoms with Crippen molar-refractivity contribution in [2.45, 2.75) is 27.2 Å². The van der Waals surface area contributed by atoms with Gasteiger partial charge in [-0.05, 0) is 11.8 Å². The zero-order valence-electron chi connectivity index (χ0n) is 6.90. The van der Waals surface area contributed by atoms with Crippen LogP contribution in [-0.2, 0) is 0 Å². The van der Waals surface area contributed by atoms with Gasteiger partial charge in [-0.25, -0.2) is 4.79 Å². The van der Waals surface area contributed by atoms with Gasteiger partial charge >= 0.3 is 6.03 Å². The maximum absolute atomic E-state index is 10.2. The molecule has 0 aromatic heterocycles. The summed E-state index contributed by atoms with van der Waals surface area (Å²) in [4.78, 5) is 10.2. The van der Waals surface area contributed by atoms with Crippen LogP contribution in [0.15, 0.2) is 0 Å². The zero-order chi connectivity index (χ0) is 8.20. The van der Waals surface area contributed by atoms with Crippen LogP contribution in [0.5, 0.6) is 0 Å². The van der Waals surface area contributed by atoms with E-state index >= 15 is 0 Å². The van der Waals surface area contributed by atoms with Crippen LogP contribution in [0.3, 0.4) is 0 Å². The average Bonchev–Trinajstić information content (AvgIpc) is 1.59. The molecule has 0 aliphatic heterocycles. The van der Waals surface area contributed by atoms with Crippen molar-refractivity contribution in [3.8, 4) is 0 Å². The molecule has 3 heteroatoms. The SMILES string of the molecule is CC(C)(C)CCNC(N)=O. The van der Waals surface area contributed by atoms with Crippen molar-refractivity contribution >= 4 is 6.03 Å². The van der Waals surface area contributed by atoms with Gasteiger partial charge in [0.25, 0.3) is 0 Å². The summed E-state index contributed by atoms with van der Waals surface area (Å²) in [5, 5.41) is 2.54. The molecule has 0 rings (SSSR count). The number of carbonyl (C=O) groups excluding carboxylic acids is 1. The van der Waals surface area contributed by atoms with Crippen molar-refractivity contribution in [1.82, 2.24) is 5.32 Å². The van der Waals surface area contributed by atoms with Crippen molar-refractivity contribution in [1.29, 1.82) is 0 Å². The molecular formula is C7H16N2O. The Morgan fingerprint density at radius 1 is 1.50 bits per heavy atom. The lowest BCUT2D eigenvalue weighted by atomic mass is 9.92. The van der Waals surface area contributed by atoms with Gasteiger partial charge in [-0.2, -0.15) is 0 Å². The topological polar surface area (TPSA) is 55.1 Å². The van der Waals surface area contributed by atoms with E-state index in [1.807, 2.05) is 0 Å². The van der Waals surface area contributed by atoms with E-state index in [1.165, 1.54) is 0 Å². The van der Waals surface area contributed by atoms with Crippen LogP contribution in [0.4, 0.5) is 4.79 Å². The van der Waals surface area contributed by atoms with Gasteiger partial charge in [0.15, 0.2) is 0 Å². The summed E-state index contributed by atoms with van der Waals surface area (Å²) < 4.78 is 0. The molecule has 3 nitrogen and oxygen atoms in total. The molecule has 0 aromatic rings. The van der Waals surface area contributed by atoms with E-state index in [0.29, 0.717) is 6.54 Å². The van der Waals surface area contributed by atoms with E-state index in [9.17, 15) is 4.79 Å². The van der Waals surface area contributed by atoms with Gasteiger partial charge in [-0.3, -0.25) is 0 Å². The fourth-order valence-corrected chi connectivity index (χ4v) is 0.561. The third-order valence-electron chi connectivity index (χ3n) is 1.17. The van der Waals surface area contributed by atoms with Crippen LogP contribution >= 0.6 is 0 Å². The molecular weight excluding hydrogens is 128 g/mol. The van der Waals surface area contributed by atoms with Gasteiger partial charge in [0, 0.05) is 6.54 Å². The van der Waals surface area contributed by atoms with Gasteiger partial charge in [0.1, 0.15) is 0 Å². The Kier molecular flexibility index (Phi) is 3.19. The highest BCUT2D eigenvalue weighted by atomic mass is 16.2. The largest absolute Gasteiger partial charge is 0.352 e. The summed E-state index contributed by atoms with van der Waals surface area (Å²) in [6.45, 7) is 7.03. The number of hydrogen-bond donors (Lipinski definition) is 2. The Hall–Kier alpha value is -0.730. The maximum Gasteiger partial charge on any atom is 0.312 e. The van der Waals surface area contributed by atoms with Crippen molar-refractivity contribution in [2.24, 2.45) is 11.1 Å². The van der Waals surface area contributed by atoms with Crippen LogP contribution in [0.2, 0.25) is 0 Å². The van der Waals surface area contributed by atoms with Crippen LogP contribution < -0.4 is 11.1 Å². The van der Waals surface area contributed by atoms with Gasteiger partial charge in [-0.1, -0.05) is 20.8 Å². The van der Waals surface area contributed by atoms with Crippen molar-refractivity contribution in [3.63, 3.8) is 0 Å². The summed E-state index contributed by atoms with van der Waals surface area (Å²) in [5.74, 6) is 0. The van der Waals surface area contributed by atoms with E-state index < -0.39 is 6.03 Å². The van der Waals surface area contributed by atoms with Gasteiger partial charge in [-0.15, -0.1) is 0 Å². The van der Waals surface area contributed by atoms with Crippen LogP contribution in [0.1, 0.15) is 27.2 Å². The standard InChI is InChI=1S/C7H16N2O/c1-7(2,3)4-5-9-6(8)10/h4-5H2,1-3H3,(H3,8,9,10). The third kappa shape index (κ3) is 7.27. The first kappa shape index (κ1) is 9.27. The molecule has 0 radical (unpaired) electrons. The number of urea groups is 1. The Morgan fingerprint density at radius 2 is 2.00 bits per heavy atom. The summed E-state index contributed by atoms with van der Waals surface area (Å²) in [7, 11) is 0. The second-order valence-electron chi connectivity index (χ2n) is 3.60. The van der Waals surface area contributed by atoms with Crippen LogP contribution in [-0.4, -0.2) is 12.6 Å². The second kappa shape index (κ2) is 3.44. The van der Waals surface area contributed by atoms with E-state index in [2.05, 4.69) is 26.1 Å². The lowest BCUT2D eigenvalue weighted by molar-refractivity contribution is 0.247. The minimum Gasteiger partial charge on any atom is -0.352 e. The summed E-state index contributed by atoms with van der Waals surface area (Å²) in [5.41, 5.74) is 5.14. The Morgan fingerprint density at radius 3 is 2.30 bits per heavy atom. The minimum atomic E-state index is -0.441. The predicted molar refractivity (Wildman–Crippen MR) is 41.7 cm³/mol. The second-order valence-corrected chi connectivity index (χ2v) is 3.60. The zero-order valence-corrected chi connectivity index (χ0v) is 6.90. The fourth-order valence-electron chi connectivity index (χ4n) is 0.561. The highest BCUT2D eigenvalue weighted by molar-refractivity contribution is 5.71. The van der Waals surface area contributed by atoms with E-state index in [-0.39, 0.29) is 5.41 Å². The molecule has 0 bridgehead atoms. The molecule has 10 heavy (non-hydrogen) atoms. The van der Waals surface area contributed by atoms with Gasteiger partial charge in [0.2, 0.25) is 0 Å². The van der Waals surface area contributed by atoms with E-state index in [0.717, 1.165) is 6.42 Å². The smallest absolute Gasteiger partial charge is 0.312 e.